The van der Waals surface area contributed by atoms with Crippen LogP contribution in [0.25, 0.3) is 6.08 Å². The summed E-state index contributed by atoms with van der Waals surface area (Å²) < 4.78 is 24.1. The molecule has 0 aliphatic carbocycles. The fourth-order valence-corrected chi connectivity index (χ4v) is 3.23. The first-order valence-electron chi connectivity index (χ1n) is 9.89. The van der Waals surface area contributed by atoms with Crippen LogP contribution in [-0.2, 0) is 4.79 Å². The highest BCUT2D eigenvalue weighted by Gasteiger charge is 2.19. The van der Waals surface area contributed by atoms with Crippen LogP contribution in [0.4, 0.5) is 10.1 Å². The van der Waals surface area contributed by atoms with Gasteiger partial charge in [-0.2, -0.15) is 0 Å². The van der Waals surface area contributed by atoms with Gasteiger partial charge in [0.25, 0.3) is 0 Å². The Morgan fingerprint density at radius 1 is 1.07 bits per heavy atom. The van der Waals surface area contributed by atoms with Gasteiger partial charge in [-0.1, -0.05) is 13.0 Å². The first-order valence-corrected chi connectivity index (χ1v) is 9.89. The fourth-order valence-electron chi connectivity index (χ4n) is 3.23. The lowest BCUT2D eigenvalue weighted by Crippen LogP contribution is -2.48. The molecule has 1 fully saturated rings. The summed E-state index contributed by atoms with van der Waals surface area (Å²) in [7, 11) is 1.60. The molecule has 2 aromatic rings. The van der Waals surface area contributed by atoms with E-state index in [2.05, 4.69) is 11.8 Å². The van der Waals surface area contributed by atoms with Crippen molar-refractivity contribution >= 4 is 17.7 Å². The summed E-state index contributed by atoms with van der Waals surface area (Å²) in [5.74, 6) is 1.10. The minimum Gasteiger partial charge on any atom is -0.493 e. The normalized spacial score (nSPS) is 14.3. The first kappa shape index (κ1) is 20.7. The number of methoxy groups -OCH3 is 1. The molecule has 154 valence electrons. The Bertz CT molecular complexity index is 844. The van der Waals surface area contributed by atoms with E-state index in [0.29, 0.717) is 31.2 Å². The van der Waals surface area contributed by atoms with Crippen LogP contribution in [0.5, 0.6) is 11.5 Å². The number of carbonyl (C=O) groups is 1. The van der Waals surface area contributed by atoms with Crippen molar-refractivity contribution < 1.29 is 18.7 Å². The lowest BCUT2D eigenvalue weighted by molar-refractivity contribution is -0.126. The summed E-state index contributed by atoms with van der Waals surface area (Å²) >= 11 is 0. The van der Waals surface area contributed by atoms with E-state index in [1.165, 1.54) is 12.1 Å². The molecule has 0 radical (unpaired) electrons. The Morgan fingerprint density at radius 2 is 1.79 bits per heavy atom. The quantitative estimate of drug-likeness (QED) is 0.662. The Balaban J connectivity index is 1.56. The molecule has 5 nitrogen and oxygen atoms in total. The van der Waals surface area contributed by atoms with Crippen LogP contribution in [0.2, 0.25) is 0 Å². The number of hydrogen-bond donors (Lipinski definition) is 0. The fraction of sp³-hybridized carbons (Fsp3) is 0.348. The number of rotatable bonds is 7. The summed E-state index contributed by atoms with van der Waals surface area (Å²) in [6, 6.07) is 12.1. The number of carbonyl (C=O) groups excluding carboxylic acids is 1. The maximum atomic E-state index is 13.1. The maximum absolute atomic E-state index is 13.1. The first-order chi connectivity index (χ1) is 14.1. The van der Waals surface area contributed by atoms with Crippen molar-refractivity contribution in [3.63, 3.8) is 0 Å². The van der Waals surface area contributed by atoms with Gasteiger partial charge in [0.1, 0.15) is 5.82 Å². The summed E-state index contributed by atoms with van der Waals surface area (Å²) in [6.45, 7) is 5.40. The standard InChI is InChI=1S/C23H27FN2O3/c1-3-16-29-21-10-4-18(17-22(21)28-2)5-11-23(27)26-14-12-25(13-15-26)20-8-6-19(24)7-9-20/h4-11,17H,3,12-16H2,1-2H3/b11-5+. The van der Waals surface area contributed by atoms with Crippen LogP contribution in [0.3, 0.4) is 0 Å². The molecule has 0 spiro atoms. The molecule has 6 heteroatoms. The molecule has 3 rings (SSSR count). The Morgan fingerprint density at radius 3 is 2.45 bits per heavy atom. The Hall–Kier alpha value is -3.02. The van der Waals surface area contributed by atoms with Crippen molar-refractivity contribution in [3.05, 3.63) is 59.9 Å². The molecule has 0 N–H and O–H groups in total. The number of halogens is 1. The predicted octanol–water partition coefficient (Wildman–Crippen LogP) is 3.99. The number of ether oxygens (including phenoxy) is 2. The number of benzene rings is 2. The summed E-state index contributed by atoms with van der Waals surface area (Å²) in [4.78, 5) is 16.5. The lowest BCUT2D eigenvalue weighted by atomic mass is 10.1. The molecule has 1 saturated heterocycles. The van der Waals surface area contributed by atoms with E-state index in [4.69, 9.17) is 9.47 Å². The van der Waals surface area contributed by atoms with Crippen LogP contribution >= 0.6 is 0 Å². The zero-order valence-corrected chi connectivity index (χ0v) is 16.9. The van der Waals surface area contributed by atoms with E-state index < -0.39 is 0 Å². The van der Waals surface area contributed by atoms with E-state index in [9.17, 15) is 9.18 Å². The van der Waals surface area contributed by atoms with Gasteiger partial charge in [-0.3, -0.25) is 4.79 Å². The van der Waals surface area contributed by atoms with Crippen molar-refractivity contribution in [1.29, 1.82) is 0 Å². The Labute approximate surface area is 171 Å². The van der Waals surface area contributed by atoms with Gasteiger partial charge in [0.2, 0.25) is 5.91 Å². The molecule has 0 unspecified atom stereocenters. The van der Waals surface area contributed by atoms with Gasteiger partial charge >= 0.3 is 0 Å². The molecule has 0 bridgehead atoms. The summed E-state index contributed by atoms with van der Waals surface area (Å²) in [5.41, 5.74) is 1.86. The summed E-state index contributed by atoms with van der Waals surface area (Å²) in [5, 5.41) is 0. The largest absolute Gasteiger partial charge is 0.493 e. The minimum atomic E-state index is -0.241. The SMILES string of the molecule is CCCOc1ccc(/C=C/C(=O)N2CCN(c3ccc(F)cc3)CC2)cc1OC. The van der Waals surface area contributed by atoms with Crippen molar-refractivity contribution in [1.82, 2.24) is 4.90 Å². The van der Waals surface area contributed by atoms with Crippen molar-refractivity contribution in [2.24, 2.45) is 0 Å². The average Bonchev–Trinajstić information content (AvgIpc) is 2.77. The van der Waals surface area contributed by atoms with Crippen molar-refractivity contribution in [3.8, 4) is 11.5 Å². The molecule has 29 heavy (non-hydrogen) atoms. The van der Waals surface area contributed by atoms with Gasteiger partial charge < -0.3 is 19.3 Å². The number of amides is 1. The number of piperazine rings is 1. The second-order valence-electron chi connectivity index (χ2n) is 6.88. The monoisotopic (exact) mass is 398 g/mol. The zero-order chi connectivity index (χ0) is 20.6. The van der Waals surface area contributed by atoms with E-state index in [0.717, 1.165) is 30.8 Å². The van der Waals surface area contributed by atoms with Gasteiger partial charge in [-0.25, -0.2) is 4.39 Å². The third kappa shape index (κ3) is 5.50. The van der Waals surface area contributed by atoms with Gasteiger partial charge in [-0.15, -0.1) is 0 Å². The van der Waals surface area contributed by atoms with Crippen molar-refractivity contribution in [2.45, 2.75) is 13.3 Å². The number of nitrogens with zero attached hydrogens (tertiary/aromatic N) is 2. The van der Waals surface area contributed by atoms with E-state index >= 15 is 0 Å². The molecule has 1 amide bonds. The molecule has 0 saturated carbocycles. The van der Waals surface area contributed by atoms with E-state index in [-0.39, 0.29) is 11.7 Å². The van der Waals surface area contributed by atoms with Crippen LogP contribution in [0.1, 0.15) is 18.9 Å². The van der Waals surface area contributed by atoms with E-state index in [1.807, 2.05) is 23.1 Å². The minimum absolute atomic E-state index is 0.0194. The molecule has 1 aliphatic heterocycles. The van der Waals surface area contributed by atoms with Gasteiger partial charge in [0.05, 0.1) is 13.7 Å². The van der Waals surface area contributed by atoms with Crippen molar-refractivity contribution in [2.75, 3.05) is 44.8 Å². The van der Waals surface area contributed by atoms with Crippen LogP contribution < -0.4 is 14.4 Å². The highest BCUT2D eigenvalue weighted by atomic mass is 19.1. The zero-order valence-electron chi connectivity index (χ0n) is 16.9. The number of hydrogen-bond acceptors (Lipinski definition) is 4. The average molecular weight is 398 g/mol. The van der Waals surface area contributed by atoms with Gasteiger partial charge in [-0.05, 0) is 54.5 Å². The summed E-state index contributed by atoms with van der Waals surface area (Å²) in [6.07, 6.45) is 4.31. The second-order valence-corrected chi connectivity index (χ2v) is 6.88. The van der Waals surface area contributed by atoms with Gasteiger partial charge in [0.15, 0.2) is 11.5 Å². The third-order valence-corrected chi connectivity index (χ3v) is 4.85. The second kappa shape index (κ2) is 9.96. The third-order valence-electron chi connectivity index (χ3n) is 4.85. The maximum Gasteiger partial charge on any atom is 0.246 e. The topological polar surface area (TPSA) is 42.0 Å². The molecule has 1 aliphatic rings. The van der Waals surface area contributed by atoms with E-state index in [1.54, 1.807) is 31.4 Å². The number of anilines is 1. The van der Waals surface area contributed by atoms with Gasteiger partial charge in [0, 0.05) is 37.9 Å². The van der Waals surface area contributed by atoms with Crippen LogP contribution in [-0.4, -0.2) is 50.7 Å². The molecule has 0 atom stereocenters. The predicted molar refractivity (Wildman–Crippen MR) is 113 cm³/mol. The molecule has 1 heterocycles. The Kier molecular flexibility index (Phi) is 7.11. The lowest BCUT2D eigenvalue weighted by Gasteiger charge is -2.35. The highest BCUT2D eigenvalue weighted by Crippen LogP contribution is 2.28. The molecular weight excluding hydrogens is 371 g/mol. The molecule has 0 aromatic heterocycles. The molecule has 2 aromatic carbocycles. The highest BCUT2D eigenvalue weighted by molar-refractivity contribution is 5.92. The van der Waals surface area contributed by atoms with Crippen LogP contribution in [0.15, 0.2) is 48.5 Å². The smallest absolute Gasteiger partial charge is 0.246 e. The van der Waals surface area contributed by atoms with Crippen LogP contribution in [0, 0.1) is 5.82 Å². The molecular formula is C23H27FN2O3.